The average Bonchev–Trinajstić information content (AvgIpc) is 2.96. The standard InChI is InChI=1S/C31H51N3O9Si/c1-18(2)31(6,7)44(8,9)43-30-25(33-34-32)19(3)27(24(41-30)17-38-21(5)36)42-29-20(4)28(26(37)23(15-35)40-29)39-16-22-13-11-10-12-14-22/h10-14,18-20,23-30,35,37H,15-17H2,1-9H3/t19-,20?,23?,24?,25?,26-,27+,28+,29+,30+/m1/s1. The number of hydrogen-bond acceptors (Lipinski definition) is 10. The molecule has 13 heteroatoms. The molecule has 1 aromatic rings. The molecule has 0 aliphatic carbocycles. The van der Waals surface area contributed by atoms with Gasteiger partial charge in [0, 0.05) is 17.8 Å². The van der Waals surface area contributed by atoms with Crippen molar-refractivity contribution in [2.45, 2.75) is 122 Å². The quantitative estimate of drug-likeness (QED) is 0.100. The van der Waals surface area contributed by atoms with Gasteiger partial charge < -0.3 is 38.3 Å². The molecule has 0 bridgehead atoms. The zero-order valence-corrected chi connectivity index (χ0v) is 28.5. The maximum atomic E-state index is 11.8. The highest BCUT2D eigenvalue weighted by Crippen LogP contribution is 2.47. The van der Waals surface area contributed by atoms with Gasteiger partial charge in [-0.2, -0.15) is 0 Å². The molecule has 0 amide bonds. The number of carbonyl (C=O) groups is 1. The van der Waals surface area contributed by atoms with Crippen LogP contribution in [0.25, 0.3) is 10.4 Å². The SMILES string of the molecule is CC(=O)OCC1O[C@@H](O[Si](C)(C)C(C)(C)C(C)C)C(N=[N+]=[N-])[C@@H](C)[C@@H]1O[C@@H]1OC(CO)[C@@H](O)[C@@H](OCc2ccccc2)C1C. The van der Waals surface area contributed by atoms with E-state index in [1.165, 1.54) is 6.92 Å². The first-order valence-electron chi connectivity index (χ1n) is 15.4. The molecule has 12 nitrogen and oxygen atoms in total. The van der Waals surface area contributed by atoms with Gasteiger partial charge >= 0.3 is 5.97 Å². The number of rotatable bonds is 13. The number of nitrogens with zero attached hydrogens (tertiary/aromatic N) is 3. The van der Waals surface area contributed by atoms with Crippen LogP contribution in [0.1, 0.15) is 54.0 Å². The molecule has 0 radical (unpaired) electrons. The van der Waals surface area contributed by atoms with E-state index in [0.29, 0.717) is 5.92 Å². The summed E-state index contributed by atoms with van der Waals surface area (Å²) in [5.41, 5.74) is 10.5. The third-order valence-corrected chi connectivity index (χ3v) is 14.3. The van der Waals surface area contributed by atoms with E-state index in [0.717, 1.165) is 5.56 Å². The fourth-order valence-electron chi connectivity index (χ4n) is 5.64. The van der Waals surface area contributed by atoms with E-state index in [2.05, 4.69) is 50.8 Å². The monoisotopic (exact) mass is 637 g/mol. The third kappa shape index (κ3) is 8.39. The number of ether oxygens (including phenoxy) is 5. The van der Waals surface area contributed by atoms with Crippen molar-refractivity contribution in [3.05, 3.63) is 46.3 Å². The Morgan fingerprint density at radius 2 is 1.73 bits per heavy atom. The van der Waals surface area contributed by atoms with Crippen LogP contribution >= 0.6 is 0 Å². The fraction of sp³-hybridized carbons (Fsp3) is 0.774. The van der Waals surface area contributed by atoms with Gasteiger partial charge in [0.25, 0.3) is 0 Å². The molecule has 44 heavy (non-hydrogen) atoms. The summed E-state index contributed by atoms with van der Waals surface area (Å²) in [6.07, 6.45) is -6.13. The molecule has 248 valence electrons. The van der Waals surface area contributed by atoms with E-state index >= 15 is 0 Å². The van der Waals surface area contributed by atoms with Crippen LogP contribution in [0.2, 0.25) is 18.1 Å². The molecule has 2 heterocycles. The van der Waals surface area contributed by atoms with Gasteiger partial charge in [-0.3, -0.25) is 4.79 Å². The van der Waals surface area contributed by atoms with Crippen molar-refractivity contribution < 1.29 is 43.1 Å². The summed E-state index contributed by atoms with van der Waals surface area (Å²) in [5.74, 6) is -1.07. The molecule has 2 aliphatic heterocycles. The minimum absolute atomic E-state index is 0.121. The van der Waals surface area contributed by atoms with Crippen LogP contribution in [0.15, 0.2) is 35.4 Å². The van der Waals surface area contributed by atoms with E-state index in [-0.39, 0.29) is 18.3 Å². The van der Waals surface area contributed by atoms with Crippen molar-refractivity contribution in [2.75, 3.05) is 13.2 Å². The summed E-state index contributed by atoms with van der Waals surface area (Å²) in [5, 5.41) is 25.0. The maximum Gasteiger partial charge on any atom is 0.302 e. The molecule has 2 aliphatic rings. The van der Waals surface area contributed by atoms with Crippen LogP contribution in [0.3, 0.4) is 0 Å². The van der Waals surface area contributed by atoms with Gasteiger partial charge in [-0.15, -0.1) is 0 Å². The molecule has 2 N–H and O–H groups in total. The van der Waals surface area contributed by atoms with Gasteiger partial charge in [0.2, 0.25) is 0 Å². The summed E-state index contributed by atoms with van der Waals surface area (Å²) >= 11 is 0. The summed E-state index contributed by atoms with van der Waals surface area (Å²) in [6.45, 7) is 17.6. The zero-order valence-electron chi connectivity index (χ0n) is 27.5. The number of esters is 1. The molecule has 0 spiro atoms. The first-order valence-corrected chi connectivity index (χ1v) is 18.3. The lowest BCUT2D eigenvalue weighted by Crippen LogP contribution is -2.62. The third-order valence-electron chi connectivity index (χ3n) is 9.78. The Hall–Kier alpha value is -2.06. The largest absolute Gasteiger partial charge is 0.463 e. The molecule has 0 aromatic heterocycles. The number of carbonyl (C=O) groups excluding carboxylic acids is 1. The molecule has 4 unspecified atom stereocenters. The second-order valence-corrected chi connectivity index (χ2v) is 17.9. The molecule has 1 aromatic carbocycles. The first-order chi connectivity index (χ1) is 20.6. The predicted octanol–water partition coefficient (Wildman–Crippen LogP) is 4.93. The summed E-state index contributed by atoms with van der Waals surface area (Å²) in [4.78, 5) is 14.9. The van der Waals surface area contributed by atoms with E-state index in [1.807, 2.05) is 44.2 Å². The van der Waals surface area contributed by atoms with Gasteiger partial charge in [0.1, 0.15) is 24.9 Å². The zero-order chi connectivity index (χ0) is 32.8. The molecular formula is C31H51N3O9Si. The minimum Gasteiger partial charge on any atom is -0.463 e. The second kappa shape index (κ2) is 15.5. The lowest BCUT2D eigenvalue weighted by atomic mass is 9.88. The summed E-state index contributed by atoms with van der Waals surface area (Å²) < 4.78 is 37.3. The van der Waals surface area contributed by atoms with Crippen LogP contribution in [-0.4, -0.2) is 86.9 Å². The normalized spacial score (nSPS) is 33.1. The maximum absolute atomic E-state index is 11.8. The summed E-state index contributed by atoms with van der Waals surface area (Å²) in [6, 6.07) is 8.82. The van der Waals surface area contributed by atoms with Crippen LogP contribution in [0.4, 0.5) is 0 Å². The van der Waals surface area contributed by atoms with Crippen LogP contribution in [0.5, 0.6) is 0 Å². The Balaban J connectivity index is 1.89. The number of aliphatic hydroxyl groups excluding tert-OH is 2. The number of benzene rings is 1. The van der Waals surface area contributed by atoms with Crippen molar-refractivity contribution in [2.24, 2.45) is 22.9 Å². The molecule has 3 rings (SSSR count). The molecular weight excluding hydrogens is 586 g/mol. The highest BCUT2D eigenvalue weighted by atomic mass is 28.4. The van der Waals surface area contributed by atoms with E-state index < -0.39 is 81.9 Å². The fourth-order valence-corrected chi connectivity index (χ4v) is 8.11. The Morgan fingerprint density at radius 3 is 2.30 bits per heavy atom. The average molecular weight is 638 g/mol. The van der Waals surface area contributed by atoms with Crippen LogP contribution < -0.4 is 0 Å². The minimum atomic E-state index is -2.45. The number of aliphatic hydroxyl groups is 2. The van der Waals surface area contributed by atoms with Gasteiger partial charge in [-0.1, -0.05) is 77.0 Å². The number of azide groups is 1. The van der Waals surface area contributed by atoms with Crippen molar-refractivity contribution in [1.82, 2.24) is 0 Å². The number of hydrogen-bond donors (Lipinski definition) is 2. The molecule has 2 saturated heterocycles. The van der Waals surface area contributed by atoms with Gasteiger partial charge in [-0.05, 0) is 41.1 Å². The van der Waals surface area contributed by atoms with Gasteiger partial charge in [-0.25, -0.2) is 0 Å². The Kier molecular flexibility index (Phi) is 12.8. The lowest BCUT2D eigenvalue weighted by molar-refractivity contribution is -0.330. The van der Waals surface area contributed by atoms with Gasteiger partial charge in [0.15, 0.2) is 20.9 Å². The molecule has 0 saturated carbocycles. The van der Waals surface area contributed by atoms with E-state index in [1.54, 1.807) is 0 Å². The highest BCUT2D eigenvalue weighted by Gasteiger charge is 2.53. The smallest absolute Gasteiger partial charge is 0.302 e. The first kappa shape index (κ1) is 36.4. The highest BCUT2D eigenvalue weighted by molar-refractivity contribution is 6.74. The predicted molar refractivity (Wildman–Crippen MR) is 166 cm³/mol. The second-order valence-electron chi connectivity index (χ2n) is 13.3. The van der Waals surface area contributed by atoms with Crippen LogP contribution in [0, 0.1) is 17.8 Å². The van der Waals surface area contributed by atoms with Crippen molar-refractivity contribution in [1.29, 1.82) is 0 Å². The lowest BCUT2D eigenvalue weighted by Gasteiger charge is -2.51. The summed E-state index contributed by atoms with van der Waals surface area (Å²) in [7, 11) is -2.45. The Bertz CT molecular complexity index is 1120. The van der Waals surface area contributed by atoms with Crippen molar-refractivity contribution in [3.63, 3.8) is 0 Å². The van der Waals surface area contributed by atoms with Crippen molar-refractivity contribution in [3.8, 4) is 0 Å². The Labute approximate surface area is 262 Å². The van der Waals surface area contributed by atoms with E-state index in [9.17, 15) is 20.5 Å². The van der Waals surface area contributed by atoms with Gasteiger partial charge in [0.05, 0.1) is 31.5 Å². The molecule has 2 fully saturated rings. The van der Waals surface area contributed by atoms with Crippen LogP contribution in [-0.2, 0) is 39.5 Å². The topological polar surface area (TPSA) is 162 Å². The Morgan fingerprint density at radius 1 is 1.09 bits per heavy atom. The van der Waals surface area contributed by atoms with Crippen molar-refractivity contribution >= 4 is 14.3 Å². The molecule has 10 atom stereocenters. The van der Waals surface area contributed by atoms with E-state index in [4.69, 9.17) is 28.1 Å².